The van der Waals surface area contributed by atoms with Crippen LogP contribution >= 0.6 is 23.4 Å². The maximum absolute atomic E-state index is 12.8. The van der Waals surface area contributed by atoms with Crippen molar-refractivity contribution in [3.05, 3.63) is 40.5 Å². The lowest BCUT2D eigenvalue weighted by atomic mass is 10.2. The molecule has 0 aliphatic rings. The fourth-order valence-electron chi connectivity index (χ4n) is 2.20. The van der Waals surface area contributed by atoms with Crippen LogP contribution in [0.5, 0.6) is 0 Å². The average molecular weight is 389 g/mol. The van der Waals surface area contributed by atoms with Gasteiger partial charge in [0.05, 0.1) is 17.2 Å². The van der Waals surface area contributed by atoms with Crippen LogP contribution in [0.2, 0.25) is 5.15 Å². The summed E-state index contributed by atoms with van der Waals surface area (Å²) in [6.45, 7) is 3.63. The summed E-state index contributed by atoms with van der Waals surface area (Å²) in [5, 5.41) is 0.560. The third-order valence-corrected chi connectivity index (χ3v) is 4.69. The number of thioether (sulfide) groups is 1. The zero-order chi connectivity index (χ0) is 18.4. The Bertz CT molecular complexity index is 944. The van der Waals surface area contributed by atoms with E-state index >= 15 is 0 Å². The Labute approximate surface area is 149 Å². The van der Waals surface area contributed by atoms with Crippen LogP contribution < -0.4 is 5.73 Å². The molecule has 1 unspecified atom stereocenters. The molecule has 0 saturated heterocycles. The Hall–Kier alpha value is -2.00. The van der Waals surface area contributed by atoms with E-state index in [1.165, 1.54) is 0 Å². The number of nitrogens with zero attached hydrogens (tertiary/aromatic N) is 3. The van der Waals surface area contributed by atoms with Gasteiger partial charge in [0.15, 0.2) is 21.6 Å². The standard InChI is InChI=1S/C15H12ClF3N4OS/c1-6-5-24-12-8(6)3-9(21-13(12)16)7(2)25-14-22-10(15(17,18)19)4-11(20)23-14/h3-5,7H,1-2H3,(H2,20,22,23). The van der Waals surface area contributed by atoms with Crippen LogP contribution in [-0.2, 0) is 6.18 Å². The molecule has 0 fully saturated rings. The van der Waals surface area contributed by atoms with Crippen LogP contribution in [0, 0.1) is 6.92 Å². The van der Waals surface area contributed by atoms with E-state index in [2.05, 4.69) is 15.0 Å². The molecule has 3 heterocycles. The summed E-state index contributed by atoms with van der Waals surface area (Å²) < 4.78 is 43.9. The molecule has 0 aliphatic heterocycles. The average Bonchev–Trinajstić information content (AvgIpc) is 2.88. The molecule has 25 heavy (non-hydrogen) atoms. The Morgan fingerprint density at radius 1 is 1.24 bits per heavy atom. The lowest BCUT2D eigenvalue weighted by Crippen LogP contribution is -2.11. The molecule has 3 aromatic heterocycles. The molecule has 132 valence electrons. The number of nitrogens with two attached hydrogens (primary N) is 1. The summed E-state index contributed by atoms with van der Waals surface area (Å²) in [7, 11) is 0. The highest BCUT2D eigenvalue weighted by Crippen LogP contribution is 2.37. The zero-order valence-corrected chi connectivity index (χ0v) is 14.6. The second-order valence-electron chi connectivity index (χ2n) is 5.35. The summed E-state index contributed by atoms with van der Waals surface area (Å²) in [4.78, 5) is 11.6. The fourth-order valence-corrected chi connectivity index (χ4v) is 3.32. The first-order chi connectivity index (χ1) is 11.6. The Morgan fingerprint density at radius 2 is 1.96 bits per heavy atom. The summed E-state index contributed by atoms with van der Waals surface area (Å²) in [5.41, 5.74) is 6.31. The zero-order valence-electron chi connectivity index (χ0n) is 13.1. The minimum atomic E-state index is -4.59. The quantitative estimate of drug-likeness (QED) is 0.385. The first-order valence-electron chi connectivity index (χ1n) is 7.08. The molecule has 0 spiro atoms. The third-order valence-electron chi connectivity index (χ3n) is 3.44. The van der Waals surface area contributed by atoms with Gasteiger partial charge in [-0.25, -0.2) is 15.0 Å². The van der Waals surface area contributed by atoms with Gasteiger partial charge in [-0.1, -0.05) is 23.4 Å². The van der Waals surface area contributed by atoms with E-state index in [9.17, 15) is 13.2 Å². The van der Waals surface area contributed by atoms with E-state index in [1.54, 1.807) is 19.3 Å². The second kappa shape index (κ2) is 6.38. The van der Waals surface area contributed by atoms with Gasteiger partial charge in [-0.05, 0) is 25.5 Å². The van der Waals surface area contributed by atoms with E-state index in [1.807, 2.05) is 6.92 Å². The van der Waals surface area contributed by atoms with E-state index in [0.29, 0.717) is 17.3 Å². The highest BCUT2D eigenvalue weighted by Gasteiger charge is 2.33. The molecule has 5 nitrogen and oxygen atoms in total. The largest absolute Gasteiger partial charge is 0.461 e. The molecule has 10 heteroatoms. The Morgan fingerprint density at radius 3 is 2.64 bits per heavy atom. The van der Waals surface area contributed by atoms with Crippen molar-refractivity contribution in [3.63, 3.8) is 0 Å². The van der Waals surface area contributed by atoms with Crippen LogP contribution in [0.1, 0.15) is 29.1 Å². The van der Waals surface area contributed by atoms with Crippen molar-refractivity contribution in [3.8, 4) is 0 Å². The number of anilines is 1. The Kier molecular flexibility index (Phi) is 4.54. The molecule has 0 bridgehead atoms. The first-order valence-corrected chi connectivity index (χ1v) is 8.33. The van der Waals surface area contributed by atoms with Crippen LogP contribution in [0.3, 0.4) is 0 Å². The van der Waals surface area contributed by atoms with Crippen LogP contribution in [0.4, 0.5) is 19.0 Å². The lowest BCUT2D eigenvalue weighted by Gasteiger charge is -2.12. The summed E-state index contributed by atoms with van der Waals surface area (Å²) in [6.07, 6.45) is -3.03. The van der Waals surface area contributed by atoms with Crippen molar-refractivity contribution in [2.75, 3.05) is 5.73 Å². The molecule has 2 N–H and O–H groups in total. The predicted octanol–water partition coefficient (Wildman–Crippen LogP) is 5.03. The van der Waals surface area contributed by atoms with E-state index in [0.717, 1.165) is 22.7 Å². The minimum Gasteiger partial charge on any atom is -0.461 e. The van der Waals surface area contributed by atoms with Crippen LogP contribution in [-0.4, -0.2) is 15.0 Å². The van der Waals surface area contributed by atoms with Gasteiger partial charge in [0.1, 0.15) is 5.82 Å². The number of fused-ring (bicyclic) bond motifs is 1. The number of pyridine rings is 1. The predicted molar refractivity (Wildman–Crippen MR) is 89.5 cm³/mol. The maximum Gasteiger partial charge on any atom is 0.433 e. The molecule has 3 rings (SSSR count). The smallest absolute Gasteiger partial charge is 0.433 e. The van der Waals surface area contributed by atoms with Crippen molar-refractivity contribution in [2.24, 2.45) is 0 Å². The molecule has 0 saturated carbocycles. The molecular weight excluding hydrogens is 377 g/mol. The third kappa shape index (κ3) is 3.67. The van der Waals surface area contributed by atoms with Gasteiger partial charge in [-0.3, -0.25) is 0 Å². The number of hydrogen-bond donors (Lipinski definition) is 1. The van der Waals surface area contributed by atoms with Crippen molar-refractivity contribution < 1.29 is 17.6 Å². The molecule has 0 aliphatic carbocycles. The number of aromatic nitrogens is 3. The summed E-state index contributed by atoms with van der Waals surface area (Å²) >= 11 is 7.13. The number of rotatable bonds is 3. The highest BCUT2D eigenvalue weighted by atomic mass is 35.5. The monoisotopic (exact) mass is 388 g/mol. The van der Waals surface area contributed by atoms with Gasteiger partial charge in [0.25, 0.3) is 0 Å². The SMILES string of the molecule is Cc1coc2c(Cl)nc(C(C)Sc3nc(N)cc(C(F)(F)F)n3)cc12. The van der Waals surface area contributed by atoms with Gasteiger partial charge in [0.2, 0.25) is 0 Å². The first kappa shape index (κ1) is 17.8. The van der Waals surface area contributed by atoms with Gasteiger partial charge in [0, 0.05) is 11.5 Å². The molecule has 0 amide bonds. The molecular formula is C15H12ClF3N4OS. The van der Waals surface area contributed by atoms with E-state index in [4.69, 9.17) is 21.8 Å². The maximum atomic E-state index is 12.8. The van der Waals surface area contributed by atoms with E-state index in [-0.39, 0.29) is 21.4 Å². The number of furan rings is 1. The minimum absolute atomic E-state index is 0.0817. The van der Waals surface area contributed by atoms with Gasteiger partial charge in [-0.2, -0.15) is 13.2 Å². The van der Waals surface area contributed by atoms with Crippen molar-refractivity contribution in [2.45, 2.75) is 30.4 Å². The van der Waals surface area contributed by atoms with Gasteiger partial charge in [-0.15, -0.1) is 0 Å². The molecule has 3 aromatic rings. The van der Waals surface area contributed by atoms with Crippen molar-refractivity contribution in [1.29, 1.82) is 0 Å². The topological polar surface area (TPSA) is 77.8 Å². The number of halogens is 4. The lowest BCUT2D eigenvalue weighted by molar-refractivity contribution is -0.141. The van der Waals surface area contributed by atoms with Gasteiger partial charge < -0.3 is 10.2 Å². The number of aryl methyl sites for hydroxylation is 1. The molecule has 0 radical (unpaired) electrons. The molecule has 1 atom stereocenters. The van der Waals surface area contributed by atoms with E-state index < -0.39 is 11.9 Å². The van der Waals surface area contributed by atoms with Crippen molar-refractivity contribution in [1.82, 2.24) is 15.0 Å². The number of nitrogen functional groups attached to an aromatic ring is 1. The molecule has 0 aromatic carbocycles. The van der Waals surface area contributed by atoms with Crippen molar-refractivity contribution >= 4 is 40.1 Å². The summed E-state index contributed by atoms with van der Waals surface area (Å²) in [6, 6.07) is 2.49. The number of hydrogen-bond acceptors (Lipinski definition) is 6. The van der Waals surface area contributed by atoms with Gasteiger partial charge >= 0.3 is 6.18 Å². The summed E-state index contributed by atoms with van der Waals surface area (Å²) in [5.74, 6) is -0.246. The normalized spacial score (nSPS) is 13.4. The second-order valence-corrected chi connectivity index (χ2v) is 7.02. The Balaban J connectivity index is 1.94. The fraction of sp³-hybridized carbons (Fsp3) is 0.267. The highest BCUT2D eigenvalue weighted by molar-refractivity contribution is 7.99. The number of alkyl halides is 3. The van der Waals surface area contributed by atoms with Crippen LogP contribution in [0.15, 0.2) is 28.0 Å². The van der Waals surface area contributed by atoms with Crippen LogP contribution in [0.25, 0.3) is 11.0 Å².